The summed E-state index contributed by atoms with van der Waals surface area (Å²) in [5, 5.41) is 29.5. The summed E-state index contributed by atoms with van der Waals surface area (Å²) in [4.78, 5) is 34.8. The molecule has 2 rings (SSSR count). The molecule has 2 atom stereocenters. The lowest BCUT2D eigenvalue weighted by Gasteiger charge is -2.21. The Labute approximate surface area is 127 Å². The van der Waals surface area contributed by atoms with Gasteiger partial charge in [0.2, 0.25) is 0 Å². The Kier molecular flexibility index (Phi) is 4.24. The lowest BCUT2D eigenvalue weighted by atomic mass is 10.1. The van der Waals surface area contributed by atoms with E-state index in [9.17, 15) is 24.8 Å². The quantitative estimate of drug-likeness (QED) is 0.614. The summed E-state index contributed by atoms with van der Waals surface area (Å²) in [5.41, 5.74) is -0.294. The van der Waals surface area contributed by atoms with Gasteiger partial charge in [-0.1, -0.05) is 6.07 Å². The molecule has 1 saturated heterocycles. The fourth-order valence-electron chi connectivity index (χ4n) is 2.25. The van der Waals surface area contributed by atoms with Crippen LogP contribution in [0, 0.1) is 10.1 Å². The van der Waals surface area contributed by atoms with Crippen LogP contribution in [0.3, 0.4) is 0 Å². The van der Waals surface area contributed by atoms with Gasteiger partial charge in [0.1, 0.15) is 10.5 Å². The number of carbonyl (C=O) groups is 2. The first-order valence-corrected chi connectivity index (χ1v) is 6.77. The highest BCUT2D eigenvalue weighted by Gasteiger charge is 2.40. The third kappa shape index (κ3) is 2.88. The Hall–Kier alpha value is -2.00. The fourth-order valence-corrected chi connectivity index (χ4v) is 2.83. The van der Waals surface area contributed by atoms with E-state index in [2.05, 4.69) is 15.9 Å². The van der Waals surface area contributed by atoms with E-state index in [1.54, 1.807) is 0 Å². The van der Waals surface area contributed by atoms with Gasteiger partial charge in [-0.2, -0.15) is 0 Å². The second kappa shape index (κ2) is 5.78. The van der Waals surface area contributed by atoms with Crippen LogP contribution in [-0.2, 0) is 4.79 Å². The summed E-state index contributed by atoms with van der Waals surface area (Å²) < 4.78 is -0.00877. The Balaban J connectivity index is 2.38. The third-order valence-electron chi connectivity index (χ3n) is 3.23. The van der Waals surface area contributed by atoms with Crippen molar-refractivity contribution in [1.29, 1.82) is 0 Å². The van der Waals surface area contributed by atoms with Crippen molar-refractivity contribution < 1.29 is 24.7 Å². The zero-order valence-corrected chi connectivity index (χ0v) is 12.2. The minimum Gasteiger partial charge on any atom is -0.480 e. The Morgan fingerprint density at radius 2 is 2.10 bits per heavy atom. The maximum Gasteiger partial charge on any atom is 0.326 e. The zero-order chi connectivity index (χ0) is 15.7. The standard InChI is InChI=1S/C12H11BrN2O6/c13-10-7(2-1-3-8(10)15(20)21)11(17)14-5-6(16)4-9(14)12(18)19/h1-3,6,9,16H,4-5H2,(H,18,19)/t6-,9+/m1/s1. The van der Waals surface area contributed by atoms with Crippen LogP contribution in [0.4, 0.5) is 5.69 Å². The van der Waals surface area contributed by atoms with Crippen molar-refractivity contribution in [3.05, 3.63) is 38.3 Å². The van der Waals surface area contributed by atoms with Gasteiger partial charge in [-0.25, -0.2) is 4.79 Å². The van der Waals surface area contributed by atoms with Gasteiger partial charge in [0.15, 0.2) is 0 Å². The zero-order valence-electron chi connectivity index (χ0n) is 10.6. The predicted molar refractivity (Wildman–Crippen MR) is 73.9 cm³/mol. The minimum atomic E-state index is -1.22. The average Bonchev–Trinajstić information content (AvgIpc) is 2.80. The van der Waals surface area contributed by atoms with E-state index in [0.717, 1.165) is 4.90 Å². The molecule has 0 aliphatic carbocycles. The van der Waals surface area contributed by atoms with Gasteiger partial charge in [0, 0.05) is 19.0 Å². The Morgan fingerprint density at radius 1 is 1.43 bits per heavy atom. The maximum atomic E-state index is 12.4. The number of nitro groups is 1. The Morgan fingerprint density at radius 3 is 2.67 bits per heavy atom. The number of rotatable bonds is 3. The van der Waals surface area contributed by atoms with E-state index in [1.165, 1.54) is 18.2 Å². The summed E-state index contributed by atoms with van der Waals surface area (Å²) in [6.07, 6.45) is -0.985. The van der Waals surface area contributed by atoms with E-state index in [1.807, 2.05) is 0 Å². The molecule has 1 aromatic rings. The van der Waals surface area contributed by atoms with Gasteiger partial charge in [-0.05, 0) is 22.0 Å². The van der Waals surface area contributed by atoms with Crippen molar-refractivity contribution in [1.82, 2.24) is 4.90 Å². The number of nitrogens with zero attached hydrogens (tertiary/aromatic N) is 2. The number of aliphatic hydroxyl groups excluding tert-OH is 1. The molecule has 0 aromatic heterocycles. The van der Waals surface area contributed by atoms with Gasteiger partial charge >= 0.3 is 5.97 Å². The molecule has 9 heteroatoms. The molecule has 1 aromatic carbocycles. The van der Waals surface area contributed by atoms with Gasteiger partial charge in [-0.15, -0.1) is 0 Å². The molecule has 0 radical (unpaired) electrons. The smallest absolute Gasteiger partial charge is 0.326 e. The van der Waals surface area contributed by atoms with E-state index >= 15 is 0 Å². The summed E-state index contributed by atoms with van der Waals surface area (Å²) in [6, 6.07) is 2.80. The molecule has 1 aliphatic heterocycles. The van der Waals surface area contributed by atoms with Crippen LogP contribution < -0.4 is 0 Å². The number of aliphatic carboxylic acids is 1. The SMILES string of the molecule is O=C(O)[C@@H]1C[C@@H](O)CN1C(=O)c1cccc([N+](=O)[O-])c1Br. The monoisotopic (exact) mass is 358 g/mol. The summed E-state index contributed by atoms with van der Waals surface area (Å²) >= 11 is 3.00. The summed E-state index contributed by atoms with van der Waals surface area (Å²) in [6.45, 7) is -0.120. The molecule has 1 heterocycles. The number of halogens is 1. The maximum absolute atomic E-state index is 12.4. The van der Waals surface area contributed by atoms with Crippen molar-refractivity contribution in [2.24, 2.45) is 0 Å². The van der Waals surface area contributed by atoms with Crippen molar-refractivity contribution in [3.8, 4) is 0 Å². The molecular weight excluding hydrogens is 348 g/mol. The first kappa shape index (κ1) is 15.4. The van der Waals surface area contributed by atoms with Crippen LogP contribution in [0.2, 0.25) is 0 Å². The highest BCUT2D eigenvalue weighted by atomic mass is 79.9. The lowest BCUT2D eigenvalue weighted by molar-refractivity contribution is -0.385. The van der Waals surface area contributed by atoms with Gasteiger partial charge in [0.05, 0.1) is 16.6 Å². The number of amides is 1. The largest absolute Gasteiger partial charge is 0.480 e. The number of β-amino-alcohol motifs (C(OH)–C–C–N with tert-alkyl or cyclic N) is 1. The molecule has 0 bridgehead atoms. The van der Waals surface area contributed by atoms with E-state index in [-0.39, 0.29) is 28.7 Å². The number of carboxylic acids is 1. The van der Waals surface area contributed by atoms with Crippen molar-refractivity contribution in [3.63, 3.8) is 0 Å². The number of carbonyl (C=O) groups excluding carboxylic acids is 1. The first-order chi connectivity index (χ1) is 9.82. The average molecular weight is 359 g/mol. The number of hydrogen-bond acceptors (Lipinski definition) is 5. The molecule has 0 spiro atoms. The molecule has 1 fully saturated rings. The van der Waals surface area contributed by atoms with Gasteiger partial charge in [-0.3, -0.25) is 14.9 Å². The molecule has 112 valence electrons. The van der Waals surface area contributed by atoms with Crippen LogP contribution in [0.25, 0.3) is 0 Å². The molecule has 21 heavy (non-hydrogen) atoms. The predicted octanol–water partition coefficient (Wildman–Crippen LogP) is 1.02. The normalized spacial score (nSPS) is 21.3. The lowest BCUT2D eigenvalue weighted by Crippen LogP contribution is -2.40. The number of aliphatic hydroxyl groups is 1. The molecule has 1 aliphatic rings. The van der Waals surface area contributed by atoms with Crippen molar-refractivity contribution in [2.45, 2.75) is 18.6 Å². The topological polar surface area (TPSA) is 121 Å². The summed E-state index contributed by atoms with van der Waals surface area (Å²) in [7, 11) is 0. The highest BCUT2D eigenvalue weighted by Crippen LogP contribution is 2.31. The second-order valence-electron chi connectivity index (χ2n) is 4.60. The number of nitro benzene ring substituents is 1. The molecule has 0 unspecified atom stereocenters. The van der Waals surface area contributed by atoms with Crippen LogP contribution in [0.5, 0.6) is 0 Å². The summed E-state index contributed by atoms with van der Waals surface area (Å²) in [5.74, 6) is -1.89. The molecule has 0 saturated carbocycles. The van der Waals surface area contributed by atoms with Gasteiger partial charge < -0.3 is 15.1 Å². The van der Waals surface area contributed by atoms with E-state index in [4.69, 9.17) is 5.11 Å². The number of benzene rings is 1. The third-order valence-corrected chi connectivity index (χ3v) is 4.06. The van der Waals surface area contributed by atoms with Crippen molar-refractivity contribution in [2.75, 3.05) is 6.54 Å². The van der Waals surface area contributed by atoms with E-state index < -0.39 is 28.9 Å². The van der Waals surface area contributed by atoms with Crippen LogP contribution >= 0.6 is 15.9 Å². The van der Waals surface area contributed by atoms with Crippen molar-refractivity contribution >= 4 is 33.5 Å². The van der Waals surface area contributed by atoms with Gasteiger partial charge in [0.25, 0.3) is 11.6 Å². The molecule has 1 amide bonds. The fraction of sp³-hybridized carbons (Fsp3) is 0.333. The second-order valence-corrected chi connectivity index (χ2v) is 5.39. The minimum absolute atomic E-state index is 0.00877. The number of hydrogen-bond donors (Lipinski definition) is 2. The number of carboxylic acid groups (broad SMARTS) is 1. The molecular formula is C12H11BrN2O6. The van der Waals surface area contributed by atoms with Crippen LogP contribution in [0.1, 0.15) is 16.8 Å². The Bertz CT molecular complexity index is 620. The van der Waals surface area contributed by atoms with E-state index in [0.29, 0.717) is 0 Å². The number of likely N-dealkylation sites (tertiary alicyclic amines) is 1. The van der Waals surface area contributed by atoms with Crippen LogP contribution in [-0.4, -0.2) is 50.6 Å². The molecule has 8 nitrogen and oxygen atoms in total. The van der Waals surface area contributed by atoms with Crippen LogP contribution in [0.15, 0.2) is 22.7 Å². The first-order valence-electron chi connectivity index (χ1n) is 5.97. The molecule has 2 N–H and O–H groups in total. The highest BCUT2D eigenvalue weighted by molar-refractivity contribution is 9.10.